The van der Waals surface area contributed by atoms with Crippen LogP contribution in [0, 0.1) is 5.41 Å². The molecule has 3 nitrogen and oxygen atoms in total. The number of carbonyl (C=O) groups excluding carboxylic acids is 1. The van der Waals surface area contributed by atoms with Gasteiger partial charge >= 0.3 is 0 Å². The highest BCUT2D eigenvalue weighted by atomic mass is 16.1. The van der Waals surface area contributed by atoms with Crippen molar-refractivity contribution in [3.8, 4) is 0 Å². The Labute approximate surface area is 103 Å². The minimum atomic E-state index is 0.408. The van der Waals surface area contributed by atoms with Crippen molar-refractivity contribution in [1.82, 2.24) is 4.98 Å². The van der Waals surface area contributed by atoms with Crippen LogP contribution in [-0.2, 0) is 0 Å². The number of hydrogen-bond acceptors (Lipinski definition) is 3. The van der Waals surface area contributed by atoms with Gasteiger partial charge in [0.25, 0.3) is 0 Å². The van der Waals surface area contributed by atoms with Crippen LogP contribution in [0.15, 0.2) is 18.3 Å². The van der Waals surface area contributed by atoms with E-state index in [9.17, 15) is 4.79 Å². The van der Waals surface area contributed by atoms with Crippen LogP contribution in [-0.4, -0.2) is 24.4 Å². The van der Waals surface area contributed by atoms with Crippen molar-refractivity contribution >= 4 is 12.1 Å². The molecule has 2 heterocycles. The number of rotatable bonds is 2. The largest absolute Gasteiger partial charge is 0.356 e. The molecule has 2 rings (SSSR count). The number of aromatic nitrogens is 1. The first kappa shape index (κ1) is 12.1. The van der Waals surface area contributed by atoms with E-state index >= 15 is 0 Å². The molecule has 0 amide bonds. The highest BCUT2D eigenvalue weighted by Crippen LogP contribution is 2.31. The fraction of sp³-hybridized carbons (Fsp3) is 0.571. The number of pyridine rings is 1. The molecule has 92 valence electrons. The van der Waals surface area contributed by atoms with Crippen LogP contribution in [0.2, 0.25) is 0 Å². The third-order valence-electron chi connectivity index (χ3n) is 3.58. The van der Waals surface area contributed by atoms with Crippen LogP contribution in [0.1, 0.15) is 43.5 Å². The van der Waals surface area contributed by atoms with Crippen LogP contribution in [0.4, 0.5) is 5.82 Å². The van der Waals surface area contributed by atoms with Gasteiger partial charge in [-0.15, -0.1) is 0 Å². The first-order valence-electron chi connectivity index (χ1n) is 6.27. The number of aldehydes is 1. The Kier molecular flexibility index (Phi) is 3.46. The van der Waals surface area contributed by atoms with E-state index in [1.54, 1.807) is 6.20 Å². The maximum absolute atomic E-state index is 11.0. The van der Waals surface area contributed by atoms with E-state index in [1.165, 1.54) is 12.8 Å². The third-order valence-corrected chi connectivity index (χ3v) is 3.58. The molecule has 1 aliphatic rings. The quantitative estimate of drug-likeness (QED) is 0.735. The van der Waals surface area contributed by atoms with E-state index in [2.05, 4.69) is 23.7 Å². The third kappa shape index (κ3) is 2.84. The molecule has 0 spiro atoms. The van der Waals surface area contributed by atoms with Gasteiger partial charge in [-0.25, -0.2) is 4.98 Å². The Hall–Kier alpha value is -1.38. The van der Waals surface area contributed by atoms with Crippen molar-refractivity contribution < 1.29 is 4.79 Å². The van der Waals surface area contributed by atoms with Gasteiger partial charge in [-0.1, -0.05) is 13.8 Å². The van der Waals surface area contributed by atoms with Crippen LogP contribution in [0.25, 0.3) is 0 Å². The fourth-order valence-electron chi connectivity index (χ4n) is 2.40. The topological polar surface area (TPSA) is 33.2 Å². The molecule has 17 heavy (non-hydrogen) atoms. The Morgan fingerprint density at radius 3 is 2.94 bits per heavy atom. The summed E-state index contributed by atoms with van der Waals surface area (Å²) in [5.41, 5.74) is 1.11. The van der Waals surface area contributed by atoms with Gasteiger partial charge in [-0.3, -0.25) is 4.79 Å². The van der Waals surface area contributed by atoms with E-state index < -0.39 is 0 Å². The molecule has 0 N–H and O–H groups in total. The van der Waals surface area contributed by atoms with Crippen LogP contribution >= 0.6 is 0 Å². The minimum Gasteiger partial charge on any atom is -0.356 e. The lowest BCUT2D eigenvalue weighted by molar-refractivity contribution is 0.112. The second kappa shape index (κ2) is 4.86. The summed E-state index contributed by atoms with van der Waals surface area (Å²) in [6, 6.07) is 3.65. The van der Waals surface area contributed by atoms with Crippen molar-refractivity contribution in [2.75, 3.05) is 18.0 Å². The smallest absolute Gasteiger partial charge is 0.153 e. The molecule has 1 aliphatic heterocycles. The highest BCUT2D eigenvalue weighted by molar-refractivity contribution is 5.82. The summed E-state index contributed by atoms with van der Waals surface area (Å²) in [4.78, 5) is 17.6. The lowest BCUT2D eigenvalue weighted by atomic mass is 9.85. The Bertz CT molecular complexity index is 401. The molecule has 1 aromatic heterocycles. The van der Waals surface area contributed by atoms with Gasteiger partial charge in [-0.05, 0) is 36.8 Å². The van der Waals surface area contributed by atoms with Crippen molar-refractivity contribution in [3.05, 3.63) is 23.9 Å². The SMILES string of the molecule is CC1(C)CCCN(c2ncccc2C=O)CC1. The number of carbonyl (C=O) groups is 1. The summed E-state index contributed by atoms with van der Waals surface area (Å²) in [5, 5.41) is 0. The summed E-state index contributed by atoms with van der Waals surface area (Å²) in [7, 11) is 0. The fourth-order valence-corrected chi connectivity index (χ4v) is 2.40. The maximum atomic E-state index is 11.0. The molecule has 3 heteroatoms. The molecule has 0 saturated carbocycles. The van der Waals surface area contributed by atoms with Gasteiger partial charge in [0.2, 0.25) is 0 Å². The molecular weight excluding hydrogens is 212 g/mol. The van der Waals surface area contributed by atoms with Crippen molar-refractivity contribution in [2.45, 2.75) is 33.1 Å². The zero-order chi connectivity index (χ0) is 12.3. The Morgan fingerprint density at radius 1 is 1.35 bits per heavy atom. The summed E-state index contributed by atoms with van der Waals surface area (Å²) >= 11 is 0. The second-order valence-corrected chi connectivity index (χ2v) is 5.54. The number of anilines is 1. The van der Waals surface area contributed by atoms with Crippen molar-refractivity contribution in [3.63, 3.8) is 0 Å². The summed E-state index contributed by atoms with van der Waals surface area (Å²) in [6.07, 6.45) is 6.23. The van der Waals surface area contributed by atoms with E-state index in [4.69, 9.17) is 0 Å². The van der Waals surface area contributed by atoms with Gasteiger partial charge < -0.3 is 4.90 Å². The van der Waals surface area contributed by atoms with E-state index in [0.717, 1.165) is 31.6 Å². The molecule has 0 bridgehead atoms. The Balaban J connectivity index is 2.19. The molecule has 0 unspecified atom stereocenters. The predicted molar refractivity (Wildman–Crippen MR) is 69.5 cm³/mol. The molecule has 1 aromatic rings. The second-order valence-electron chi connectivity index (χ2n) is 5.54. The molecule has 0 aromatic carbocycles. The standard InChI is InChI=1S/C14H20N2O/c1-14(2)6-4-9-16(10-7-14)13-12(11-17)5-3-8-15-13/h3,5,8,11H,4,6-7,9-10H2,1-2H3. The first-order valence-corrected chi connectivity index (χ1v) is 6.27. The minimum absolute atomic E-state index is 0.408. The van der Waals surface area contributed by atoms with Gasteiger partial charge in [0.05, 0.1) is 5.56 Å². The number of nitrogens with zero attached hydrogens (tertiary/aromatic N) is 2. The summed E-state index contributed by atoms with van der Waals surface area (Å²) in [6.45, 7) is 6.62. The molecule has 0 radical (unpaired) electrons. The zero-order valence-electron chi connectivity index (χ0n) is 10.6. The van der Waals surface area contributed by atoms with Gasteiger partial charge in [0, 0.05) is 19.3 Å². The van der Waals surface area contributed by atoms with Crippen molar-refractivity contribution in [2.24, 2.45) is 5.41 Å². The maximum Gasteiger partial charge on any atom is 0.153 e. The molecule has 0 aliphatic carbocycles. The average Bonchev–Trinajstić information content (AvgIpc) is 2.50. The Morgan fingerprint density at radius 2 is 2.18 bits per heavy atom. The first-order chi connectivity index (χ1) is 8.12. The lowest BCUT2D eigenvalue weighted by Gasteiger charge is -2.24. The highest BCUT2D eigenvalue weighted by Gasteiger charge is 2.24. The molecule has 1 saturated heterocycles. The molecule has 1 fully saturated rings. The van der Waals surface area contributed by atoms with Gasteiger partial charge in [0.15, 0.2) is 6.29 Å². The monoisotopic (exact) mass is 232 g/mol. The summed E-state index contributed by atoms with van der Waals surface area (Å²) < 4.78 is 0. The van der Waals surface area contributed by atoms with Crippen LogP contribution in [0.5, 0.6) is 0 Å². The number of hydrogen-bond donors (Lipinski definition) is 0. The summed E-state index contributed by atoms with van der Waals surface area (Å²) in [5.74, 6) is 0.847. The molecule has 0 atom stereocenters. The average molecular weight is 232 g/mol. The predicted octanol–water partition coefficient (Wildman–Crippen LogP) is 2.91. The lowest BCUT2D eigenvalue weighted by Crippen LogP contribution is -2.27. The van der Waals surface area contributed by atoms with Crippen molar-refractivity contribution in [1.29, 1.82) is 0 Å². The van der Waals surface area contributed by atoms with Crippen LogP contribution < -0.4 is 4.90 Å². The van der Waals surface area contributed by atoms with Crippen LogP contribution in [0.3, 0.4) is 0 Å². The normalized spacial score (nSPS) is 19.8. The van der Waals surface area contributed by atoms with E-state index in [1.807, 2.05) is 12.1 Å². The van der Waals surface area contributed by atoms with E-state index in [-0.39, 0.29) is 0 Å². The zero-order valence-corrected chi connectivity index (χ0v) is 10.6. The van der Waals surface area contributed by atoms with Gasteiger partial charge in [0.1, 0.15) is 5.82 Å². The van der Waals surface area contributed by atoms with E-state index in [0.29, 0.717) is 11.0 Å². The van der Waals surface area contributed by atoms with Gasteiger partial charge in [-0.2, -0.15) is 0 Å². The molecular formula is C14H20N2O.